The van der Waals surface area contributed by atoms with E-state index in [2.05, 4.69) is 212 Å². The summed E-state index contributed by atoms with van der Waals surface area (Å²) in [4.78, 5) is 0. The van der Waals surface area contributed by atoms with Crippen LogP contribution >= 0.6 is 0 Å². The second-order valence-corrected chi connectivity index (χ2v) is 21.3. The number of hydrogen-bond acceptors (Lipinski definition) is 0. The Morgan fingerprint density at radius 1 is 0.394 bits per heavy atom. The molecule has 17 rings (SSSR count). The van der Waals surface area contributed by atoms with Gasteiger partial charge >= 0.3 is 0 Å². The van der Waals surface area contributed by atoms with Crippen LogP contribution in [0, 0.1) is 5.92 Å². The van der Waals surface area contributed by atoms with E-state index in [-0.39, 0.29) is 17.3 Å². The summed E-state index contributed by atoms with van der Waals surface area (Å²) in [5.74, 6) is 0.802. The van der Waals surface area contributed by atoms with Gasteiger partial charge in [-0.1, -0.05) is 200 Å². The average molecular weight is 901 g/mol. The fraction of sp³-hybridized carbons (Fsp3) is 0.127. The zero-order chi connectivity index (χ0) is 46.1. The first-order valence-corrected chi connectivity index (χ1v) is 26.1. The summed E-state index contributed by atoms with van der Waals surface area (Å²) in [6.07, 6.45) is 26.6. The predicted molar refractivity (Wildman–Crippen MR) is 297 cm³/mol. The maximum absolute atomic E-state index is 2.68. The number of fused-ring (bicyclic) bond motifs is 19. The molecule has 0 saturated carbocycles. The van der Waals surface area contributed by atoms with Crippen LogP contribution in [0.15, 0.2) is 224 Å². The molecule has 0 fully saturated rings. The summed E-state index contributed by atoms with van der Waals surface area (Å²) >= 11 is 0. The van der Waals surface area contributed by atoms with Crippen LogP contribution < -0.4 is 10.4 Å². The molecule has 0 radical (unpaired) electrons. The maximum Gasteiger partial charge on any atom is 0.0541 e. The fourth-order valence-corrected chi connectivity index (χ4v) is 16.0. The summed E-state index contributed by atoms with van der Waals surface area (Å²) in [6.45, 7) is 0. The minimum Gasteiger partial charge on any atom is -0.0842 e. The molecule has 0 bridgehead atoms. The van der Waals surface area contributed by atoms with Crippen molar-refractivity contribution in [2.24, 2.45) is 5.92 Å². The molecule has 332 valence electrons. The van der Waals surface area contributed by atoms with Crippen LogP contribution in [-0.4, -0.2) is 0 Å². The highest BCUT2D eigenvalue weighted by atomic mass is 14.6. The summed E-state index contributed by atoms with van der Waals surface area (Å²) in [5, 5.41) is 11.1. The van der Waals surface area contributed by atoms with Gasteiger partial charge in [0.05, 0.1) is 5.41 Å². The molecule has 0 heteroatoms. The van der Waals surface area contributed by atoms with Crippen molar-refractivity contribution in [3.05, 3.63) is 267 Å². The number of allylic oxidation sites excluding steroid dienone is 12. The van der Waals surface area contributed by atoms with Gasteiger partial charge in [0.25, 0.3) is 0 Å². The quantitative estimate of drug-likeness (QED) is 0.166. The summed E-state index contributed by atoms with van der Waals surface area (Å²) in [5.41, 5.74) is 27.0. The molecule has 0 N–H and O–H groups in total. The Morgan fingerprint density at radius 2 is 1.03 bits per heavy atom. The summed E-state index contributed by atoms with van der Waals surface area (Å²) in [6, 6.07) is 62.3. The van der Waals surface area contributed by atoms with E-state index in [1.807, 2.05) is 0 Å². The van der Waals surface area contributed by atoms with E-state index >= 15 is 0 Å². The first-order valence-electron chi connectivity index (χ1n) is 26.1. The van der Waals surface area contributed by atoms with Crippen molar-refractivity contribution in [2.75, 3.05) is 0 Å². The van der Waals surface area contributed by atoms with Crippen LogP contribution in [0.2, 0.25) is 0 Å². The molecule has 1 spiro atoms. The van der Waals surface area contributed by atoms with E-state index < -0.39 is 0 Å². The Hall–Kier alpha value is -8.06. The van der Waals surface area contributed by atoms with Crippen LogP contribution in [0.5, 0.6) is 0 Å². The molecule has 0 heterocycles. The second kappa shape index (κ2) is 14.1. The van der Waals surface area contributed by atoms with Gasteiger partial charge in [-0.15, -0.1) is 0 Å². The van der Waals surface area contributed by atoms with Crippen LogP contribution in [0.25, 0.3) is 93.5 Å². The van der Waals surface area contributed by atoms with Gasteiger partial charge in [0, 0.05) is 17.8 Å². The second-order valence-electron chi connectivity index (χ2n) is 21.3. The van der Waals surface area contributed by atoms with Crippen molar-refractivity contribution in [1.29, 1.82) is 0 Å². The first-order chi connectivity index (χ1) is 35.3. The number of hydrogen-bond donors (Lipinski definition) is 0. The summed E-state index contributed by atoms with van der Waals surface area (Å²) in [7, 11) is 0. The lowest BCUT2D eigenvalue weighted by Gasteiger charge is -2.36. The largest absolute Gasteiger partial charge is 0.0842 e. The highest BCUT2D eigenvalue weighted by Gasteiger charge is 2.57. The molecule has 0 saturated heterocycles. The lowest BCUT2D eigenvalue weighted by Crippen LogP contribution is -2.38. The third kappa shape index (κ3) is 4.77. The highest BCUT2D eigenvalue weighted by molar-refractivity contribution is 6.27. The van der Waals surface area contributed by atoms with Gasteiger partial charge in [-0.2, -0.15) is 0 Å². The molecule has 71 heavy (non-hydrogen) atoms. The van der Waals surface area contributed by atoms with Gasteiger partial charge < -0.3 is 0 Å². The standard InChI is InChI=1S/C71H48/c1-3-19-41(20-4-1)62-47-27-9-10-28-48(47)63(42-21-5-2-6-22-42)70-55-38-37-50(49-30-17-33-54(64(49)55)69(62)70)67-44-24-8-7-23-43(44)39-56-57-40-61-66(52-31-18-32-53(65(52)57)68(56)67)51-29-13-16-36-60(51)71(61)58-34-14-11-25-45(58)46-26-12-15-35-59(46)71/h1-3,5,7-19,21,23-34,36-40,59,69-70H,4,6,20,22,35H2. The minimum absolute atomic E-state index is 0.239. The van der Waals surface area contributed by atoms with Gasteiger partial charge in [0.1, 0.15) is 0 Å². The molecule has 0 amide bonds. The highest BCUT2D eigenvalue weighted by Crippen LogP contribution is 2.68. The Bertz CT molecular complexity index is 4240. The minimum atomic E-state index is -0.282. The Balaban J connectivity index is 0.951. The van der Waals surface area contributed by atoms with Crippen molar-refractivity contribution >= 4 is 49.0 Å². The molecular formula is C71H48. The van der Waals surface area contributed by atoms with E-state index in [1.165, 1.54) is 149 Å². The molecule has 8 aliphatic rings. The smallest absolute Gasteiger partial charge is 0.0541 e. The molecular weight excluding hydrogens is 853 g/mol. The van der Waals surface area contributed by atoms with Crippen LogP contribution in [0.3, 0.4) is 0 Å². The number of rotatable bonds is 3. The zero-order valence-electron chi connectivity index (χ0n) is 39.5. The van der Waals surface area contributed by atoms with E-state index in [0.29, 0.717) is 5.92 Å². The van der Waals surface area contributed by atoms with Crippen LogP contribution in [0.1, 0.15) is 77.3 Å². The third-order valence-corrected chi connectivity index (χ3v) is 18.4. The Kier molecular flexibility index (Phi) is 7.67. The van der Waals surface area contributed by atoms with E-state index in [0.717, 1.165) is 32.1 Å². The summed E-state index contributed by atoms with van der Waals surface area (Å²) < 4.78 is 0. The molecule has 0 nitrogen and oxygen atoms in total. The molecule has 9 aromatic carbocycles. The molecule has 4 unspecified atom stereocenters. The molecule has 4 atom stereocenters. The molecule has 9 aromatic rings. The van der Waals surface area contributed by atoms with Crippen molar-refractivity contribution in [1.82, 2.24) is 0 Å². The van der Waals surface area contributed by atoms with Gasteiger partial charge in [-0.3, -0.25) is 0 Å². The maximum atomic E-state index is 2.68. The fourth-order valence-electron chi connectivity index (χ4n) is 16.0. The lowest BCUT2D eigenvalue weighted by molar-refractivity contribution is 0.495. The van der Waals surface area contributed by atoms with E-state index in [4.69, 9.17) is 0 Å². The van der Waals surface area contributed by atoms with E-state index in [9.17, 15) is 0 Å². The topological polar surface area (TPSA) is 0 Å². The number of benzene rings is 9. The lowest BCUT2D eigenvalue weighted by atomic mass is 9.65. The van der Waals surface area contributed by atoms with Crippen LogP contribution in [-0.2, 0) is 5.41 Å². The van der Waals surface area contributed by atoms with Crippen molar-refractivity contribution in [3.8, 4) is 44.5 Å². The van der Waals surface area contributed by atoms with Gasteiger partial charge in [0.15, 0.2) is 0 Å². The first kappa shape index (κ1) is 38.8. The Labute approximate surface area is 414 Å². The predicted octanol–water partition coefficient (Wildman–Crippen LogP) is 16.5. The van der Waals surface area contributed by atoms with Gasteiger partial charge in [0.2, 0.25) is 0 Å². The monoisotopic (exact) mass is 900 g/mol. The molecule has 0 aliphatic heterocycles. The van der Waals surface area contributed by atoms with Gasteiger partial charge in [-0.05, 0) is 193 Å². The van der Waals surface area contributed by atoms with Gasteiger partial charge in [-0.25, -0.2) is 0 Å². The van der Waals surface area contributed by atoms with E-state index in [1.54, 1.807) is 0 Å². The normalized spacial score (nSPS) is 22.0. The van der Waals surface area contributed by atoms with Crippen molar-refractivity contribution in [2.45, 2.75) is 49.4 Å². The molecule has 8 aliphatic carbocycles. The Morgan fingerprint density at radius 3 is 1.80 bits per heavy atom. The van der Waals surface area contributed by atoms with Crippen molar-refractivity contribution < 1.29 is 0 Å². The zero-order valence-corrected chi connectivity index (χ0v) is 39.5. The third-order valence-electron chi connectivity index (χ3n) is 18.4. The molecule has 0 aromatic heterocycles. The average Bonchev–Trinajstić information content (AvgIpc) is 4.14. The van der Waals surface area contributed by atoms with Crippen molar-refractivity contribution in [3.63, 3.8) is 0 Å². The SMILES string of the molecule is C1=CCCC(C2=c3ccccc3=C(C3=CC=CCC3)C3c4ccc(-c5c6c(cc7ccccc57)-c5cc7c(c8cccc-6c58)-c5ccccc5C75c6ccccc6C6=CC=CCC65)c5cccc(c45)C23)=C1. The van der Waals surface area contributed by atoms with Crippen LogP contribution in [0.4, 0.5) is 0 Å².